The lowest BCUT2D eigenvalue weighted by Crippen LogP contribution is -2.25. The van der Waals surface area contributed by atoms with E-state index in [4.69, 9.17) is 15.0 Å². The Bertz CT molecular complexity index is 3240. The molecule has 2 aliphatic carbocycles. The minimum absolute atomic E-state index is 0.380. The van der Waals surface area contributed by atoms with Gasteiger partial charge in [0.05, 0.1) is 5.41 Å². The fourth-order valence-electron chi connectivity index (χ4n) is 9.85. The van der Waals surface area contributed by atoms with Crippen molar-refractivity contribution < 1.29 is 0 Å². The maximum atomic E-state index is 5.15. The summed E-state index contributed by atoms with van der Waals surface area (Å²) in [5.41, 5.74) is 17.8. The van der Waals surface area contributed by atoms with Gasteiger partial charge in [0.1, 0.15) is 0 Å². The highest BCUT2D eigenvalue weighted by molar-refractivity contribution is 6.00. The van der Waals surface area contributed by atoms with Crippen LogP contribution in [-0.4, -0.2) is 15.0 Å². The maximum Gasteiger partial charge on any atom is 0.164 e. The van der Waals surface area contributed by atoms with Crippen molar-refractivity contribution >= 4 is 10.8 Å². The van der Waals surface area contributed by atoms with E-state index in [1.54, 1.807) is 0 Å². The molecule has 0 radical (unpaired) electrons. The second-order valence-electron chi connectivity index (χ2n) is 15.5. The number of fused-ring (bicyclic) bond motifs is 11. The minimum Gasteiger partial charge on any atom is -0.208 e. The van der Waals surface area contributed by atoms with Gasteiger partial charge in [-0.1, -0.05) is 200 Å². The quantitative estimate of drug-likeness (QED) is 0.176. The van der Waals surface area contributed by atoms with Gasteiger partial charge in [-0.15, -0.1) is 0 Å². The number of hydrogen-bond donors (Lipinski definition) is 0. The molecule has 12 rings (SSSR count). The van der Waals surface area contributed by atoms with E-state index in [0.29, 0.717) is 17.5 Å². The SMILES string of the molecule is c1ccc(-c2nc(-c3cccc(-c4cccc(-c5cccc6c5-c5ccccc5C65c6ccccc6-c6ccccc65)c4)c3)nc(-c3cccc4ccccc34)n2)cc1. The van der Waals surface area contributed by atoms with Crippen LogP contribution in [0.2, 0.25) is 0 Å². The largest absolute Gasteiger partial charge is 0.208 e. The highest BCUT2D eigenvalue weighted by Gasteiger charge is 2.51. The van der Waals surface area contributed by atoms with Gasteiger partial charge in [-0.3, -0.25) is 0 Å². The molecule has 9 aromatic carbocycles. The molecule has 0 fully saturated rings. The van der Waals surface area contributed by atoms with Gasteiger partial charge in [0.15, 0.2) is 17.5 Å². The first-order valence-electron chi connectivity index (χ1n) is 20.2. The van der Waals surface area contributed by atoms with Gasteiger partial charge in [-0.25, -0.2) is 15.0 Å². The summed E-state index contributed by atoms with van der Waals surface area (Å²) in [6.45, 7) is 0. The Hall–Kier alpha value is -7.75. The van der Waals surface area contributed by atoms with E-state index in [1.165, 1.54) is 55.6 Å². The third-order valence-electron chi connectivity index (χ3n) is 12.3. The summed E-state index contributed by atoms with van der Waals surface area (Å²) in [6.07, 6.45) is 0. The van der Waals surface area contributed by atoms with Crippen molar-refractivity contribution in [3.8, 4) is 78.7 Å². The second kappa shape index (κ2) is 13.2. The lowest BCUT2D eigenvalue weighted by Gasteiger charge is -2.30. The molecule has 0 aliphatic heterocycles. The van der Waals surface area contributed by atoms with Crippen LogP contribution in [0.25, 0.3) is 89.4 Å². The van der Waals surface area contributed by atoms with Crippen LogP contribution in [0.1, 0.15) is 22.3 Å². The zero-order valence-corrected chi connectivity index (χ0v) is 32.0. The molecule has 0 atom stereocenters. The Morgan fingerprint density at radius 1 is 0.271 bits per heavy atom. The van der Waals surface area contributed by atoms with Crippen molar-refractivity contribution in [2.24, 2.45) is 0 Å². The fraction of sp³-hybridized carbons (Fsp3) is 0.0179. The Morgan fingerprint density at radius 2 is 0.712 bits per heavy atom. The van der Waals surface area contributed by atoms with Crippen LogP contribution in [0.5, 0.6) is 0 Å². The molecule has 59 heavy (non-hydrogen) atoms. The Balaban J connectivity index is 0.996. The molecule has 3 nitrogen and oxygen atoms in total. The summed E-state index contributed by atoms with van der Waals surface area (Å²) >= 11 is 0. The first kappa shape index (κ1) is 33.4. The van der Waals surface area contributed by atoms with Crippen LogP contribution < -0.4 is 0 Å². The number of nitrogens with zero attached hydrogens (tertiary/aromatic N) is 3. The van der Waals surface area contributed by atoms with Crippen molar-refractivity contribution in [3.63, 3.8) is 0 Å². The normalized spacial score (nSPS) is 12.9. The van der Waals surface area contributed by atoms with Gasteiger partial charge in [0.2, 0.25) is 0 Å². The topological polar surface area (TPSA) is 38.7 Å². The molecule has 1 spiro atoms. The first-order chi connectivity index (χ1) is 29.3. The number of aromatic nitrogens is 3. The monoisotopic (exact) mass is 749 g/mol. The molecule has 274 valence electrons. The zero-order valence-electron chi connectivity index (χ0n) is 32.0. The Kier molecular flexibility index (Phi) is 7.45. The van der Waals surface area contributed by atoms with Gasteiger partial charge >= 0.3 is 0 Å². The average molecular weight is 750 g/mol. The maximum absolute atomic E-state index is 5.15. The van der Waals surface area contributed by atoms with Gasteiger partial charge in [-0.05, 0) is 89.7 Å². The molecule has 0 saturated carbocycles. The van der Waals surface area contributed by atoms with Crippen molar-refractivity contribution in [1.29, 1.82) is 0 Å². The first-order valence-corrected chi connectivity index (χ1v) is 20.2. The second-order valence-corrected chi connectivity index (χ2v) is 15.5. The van der Waals surface area contributed by atoms with E-state index in [1.807, 2.05) is 18.2 Å². The van der Waals surface area contributed by atoms with E-state index in [-0.39, 0.29) is 5.41 Å². The van der Waals surface area contributed by atoms with Crippen LogP contribution >= 0.6 is 0 Å². The van der Waals surface area contributed by atoms with E-state index in [0.717, 1.165) is 38.6 Å². The Morgan fingerprint density at radius 3 is 1.46 bits per heavy atom. The minimum atomic E-state index is -0.380. The highest BCUT2D eigenvalue weighted by Crippen LogP contribution is 2.63. The number of hydrogen-bond acceptors (Lipinski definition) is 3. The van der Waals surface area contributed by atoms with E-state index in [9.17, 15) is 0 Å². The highest BCUT2D eigenvalue weighted by atomic mass is 15.0. The standard InChI is InChI=1S/C56H35N3/c1-2-17-37(18-3-1)53-57-54(59-55(58-53)46-29-14-19-36-16-4-5-24-42(36)46)41-23-13-21-39(35-41)38-20-12-22-40(34-38)43-28-15-33-51-52(43)47-27-8-11-32-50(47)56(51)48-30-9-6-25-44(48)45-26-7-10-31-49(45)56/h1-35H. The van der Waals surface area contributed by atoms with Crippen LogP contribution in [0.15, 0.2) is 212 Å². The Labute approximate surface area is 343 Å². The number of benzene rings is 9. The third kappa shape index (κ3) is 5.05. The molecule has 2 aliphatic rings. The van der Waals surface area contributed by atoms with Gasteiger partial charge < -0.3 is 0 Å². The van der Waals surface area contributed by atoms with E-state index < -0.39 is 0 Å². The molecule has 10 aromatic rings. The summed E-state index contributed by atoms with van der Waals surface area (Å²) in [7, 11) is 0. The van der Waals surface area contributed by atoms with Crippen LogP contribution in [-0.2, 0) is 5.41 Å². The molecule has 0 saturated heterocycles. The van der Waals surface area contributed by atoms with Crippen molar-refractivity contribution in [1.82, 2.24) is 15.0 Å². The average Bonchev–Trinajstić information content (AvgIpc) is 3.79. The predicted molar refractivity (Wildman–Crippen MR) is 241 cm³/mol. The van der Waals surface area contributed by atoms with Gasteiger partial charge in [0, 0.05) is 16.7 Å². The van der Waals surface area contributed by atoms with Gasteiger partial charge in [-0.2, -0.15) is 0 Å². The van der Waals surface area contributed by atoms with E-state index >= 15 is 0 Å². The molecule has 0 amide bonds. The zero-order chi connectivity index (χ0) is 38.9. The molecular weight excluding hydrogens is 715 g/mol. The molecule has 1 heterocycles. The van der Waals surface area contributed by atoms with Crippen LogP contribution in [0, 0.1) is 0 Å². The van der Waals surface area contributed by atoms with Crippen molar-refractivity contribution in [3.05, 3.63) is 235 Å². The van der Waals surface area contributed by atoms with Crippen LogP contribution in [0.3, 0.4) is 0 Å². The van der Waals surface area contributed by atoms with Crippen LogP contribution in [0.4, 0.5) is 0 Å². The summed E-state index contributed by atoms with van der Waals surface area (Å²) in [5.74, 6) is 1.94. The van der Waals surface area contributed by atoms with Gasteiger partial charge in [0.25, 0.3) is 0 Å². The molecule has 1 aromatic heterocycles. The molecule has 0 unspecified atom stereocenters. The molecular formula is C56H35N3. The molecule has 0 bridgehead atoms. The summed E-state index contributed by atoms with van der Waals surface area (Å²) in [4.78, 5) is 15.3. The lowest BCUT2D eigenvalue weighted by atomic mass is 9.70. The summed E-state index contributed by atoms with van der Waals surface area (Å²) in [5, 5.41) is 2.26. The molecule has 3 heteroatoms. The van der Waals surface area contributed by atoms with Crippen molar-refractivity contribution in [2.45, 2.75) is 5.41 Å². The molecule has 0 N–H and O–H groups in total. The summed E-state index contributed by atoms with van der Waals surface area (Å²) < 4.78 is 0. The number of rotatable bonds is 5. The van der Waals surface area contributed by atoms with Crippen molar-refractivity contribution in [2.75, 3.05) is 0 Å². The predicted octanol–water partition coefficient (Wildman–Crippen LogP) is 13.7. The van der Waals surface area contributed by atoms with E-state index in [2.05, 4.69) is 194 Å². The fourth-order valence-corrected chi connectivity index (χ4v) is 9.85. The lowest BCUT2D eigenvalue weighted by molar-refractivity contribution is 0.794. The third-order valence-corrected chi connectivity index (χ3v) is 12.3. The summed E-state index contributed by atoms with van der Waals surface area (Å²) in [6, 6.07) is 76.3. The smallest absolute Gasteiger partial charge is 0.164 e.